The Hall–Kier alpha value is -0.350. The first-order valence-corrected chi connectivity index (χ1v) is 6.53. The maximum atomic E-state index is 4.17. The van der Waals surface area contributed by atoms with Gasteiger partial charge in [0.2, 0.25) is 0 Å². The second-order valence-electron chi connectivity index (χ2n) is 4.09. The molecule has 0 aliphatic rings. The van der Waals surface area contributed by atoms with Crippen LogP contribution in [0.3, 0.4) is 0 Å². The van der Waals surface area contributed by atoms with Gasteiger partial charge < -0.3 is 0 Å². The first-order chi connectivity index (χ1) is 7.13. The maximum Gasteiger partial charge on any atom is 0.0522 e. The average molecular weight is 274 g/mol. The van der Waals surface area contributed by atoms with E-state index in [1.807, 2.05) is 17.9 Å². The Morgan fingerprint density at radius 2 is 2.20 bits per heavy atom. The largest absolute Gasteiger partial charge is 0.300 e. The lowest BCUT2D eigenvalue weighted by molar-refractivity contribution is 0.239. The number of hydrogen-bond donors (Lipinski definition) is 0. The number of aromatic nitrogens is 2. The highest BCUT2D eigenvalue weighted by Gasteiger charge is 2.08. The maximum absolute atomic E-state index is 4.17. The molecule has 0 aromatic carbocycles. The van der Waals surface area contributed by atoms with Crippen LogP contribution in [-0.2, 0) is 13.5 Å². The van der Waals surface area contributed by atoms with Gasteiger partial charge in [0.25, 0.3) is 0 Å². The zero-order valence-corrected chi connectivity index (χ0v) is 11.4. The van der Waals surface area contributed by atoms with Crippen LogP contribution >= 0.6 is 15.9 Å². The Kier molecular flexibility index (Phi) is 5.32. The molecule has 0 spiro atoms. The van der Waals surface area contributed by atoms with Gasteiger partial charge in [-0.2, -0.15) is 5.10 Å². The van der Waals surface area contributed by atoms with E-state index in [2.05, 4.69) is 46.0 Å². The molecule has 0 amide bonds. The Bertz CT molecular complexity index is 283. The van der Waals surface area contributed by atoms with Gasteiger partial charge in [0.1, 0.15) is 0 Å². The molecule has 0 fully saturated rings. The van der Waals surface area contributed by atoms with E-state index in [1.165, 1.54) is 5.56 Å². The average Bonchev–Trinajstić information content (AvgIpc) is 2.58. The van der Waals surface area contributed by atoms with Crippen molar-refractivity contribution in [3.05, 3.63) is 18.0 Å². The fourth-order valence-corrected chi connectivity index (χ4v) is 2.07. The predicted octanol–water partition coefficient (Wildman–Crippen LogP) is 2.07. The summed E-state index contributed by atoms with van der Waals surface area (Å²) in [7, 11) is 1.96. The van der Waals surface area contributed by atoms with Gasteiger partial charge in [-0.1, -0.05) is 15.9 Å². The molecule has 1 aromatic heterocycles. The molecule has 15 heavy (non-hydrogen) atoms. The van der Waals surface area contributed by atoms with Crippen LogP contribution in [0.4, 0.5) is 0 Å². The molecule has 0 saturated carbocycles. The molecule has 1 heterocycles. The normalized spacial score (nSPS) is 11.6. The van der Waals surface area contributed by atoms with Crippen LogP contribution in [0, 0.1) is 0 Å². The summed E-state index contributed by atoms with van der Waals surface area (Å²) in [5.41, 5.74) is 1.32. The Labute approximate surface area is 101 Å². The van der Waals surface area contributed by atoms with Gasteiger partial charge in [-0.25, -0.2) is 0 Å². The van der Waals surface area contributed by atoms with E-state index < -0.39 is 0 Å². The van der Waals surface area contributed by atoms with Crippen LogP contribution in [0.2, 0.25) is 0 Å². The molecule has 0 N–H and O–H groups in total. The van der Waals surface area contributed by atoms with Crippen molar-refractivity contribution in [2.45, 2.75) is 26.3 Å². The summed E-state index contributed by atoms with van der Waals surface area (Å²) < 4.78 is 1.86. The Balaban J connectivity index is 2.39. The molecule has 0 unspecified atom stereocenters. The standard InChI is InChI=1S/C11H20BrN3/c1-10(2)15(7-5-12)6-4-11-8-13-14(3)9-11/h8-10H,4-7H2,1-3H3. The Morgan fingerprint density at radius 3 is 2.67 bits per heavy atom. The van der Waals surface area contributed by atoms with Crippen LogP contribution in [-0.4, -0.2) is 39.1 Å². The van der Waals surface area contributed by atoms with Crippen LogP contribution in [0.15, 0.2) is 12.4 Å². The van der Waals surface area contributed by atoms with Crippen LogP contribution < -0.4 is 0 Å². The molecule has 1 aromatic rings. The third-order valence-electron chi connectivity index (χ3n) is 2.55. The van der Waals surface area contributed by atoms with Crippen LogP contribution in [0.25, 0.3) is 0 Å². The fourth-order valence-electron chi connectivity index (χ4n) is 1.61. The lowest BCUT2D eigenvalue weighted by Gasteiger charge is -2.25. The van der Waals surface area contributed by atoms with Crippen molar-refractivity contribution in [2.75, 3.05) is 18.4 Å². The summed E-state index contributed by atoms with van der Waals surface area (Å²) in [5, 5.41) is 5.21. The molecule has 0 aliphatic heterocycles. The first-order valence-electron chi connectivity index (χ1n) is 5.41. The number of aryl methyl sites for hydroxylation is 1. The smallest absolute Gasteiger partial charge is 0.0522 e. The minimum absolute atomic E-state index is 0.610. The lowest BCUT2D eigenvalue weighted by atomic mass is 10.2. The third kappa shape index (κ3) is 4.34. The third-order valence-corrected chi connectivity index (χ3v) is 2.90. The lowest BCUT2D eigenvalue weighted by Crippen LogP contribution is -2.34. The topological polar surface area (TPSA) is 21.1 Å². The number of hydrogen-bond acceptors (Lipinski definition) is 2. The molecular weight excluding hydrogens is 254 g/mol. The van der Waals surface area contributed by atoms with E-state index in [1.54, 1.807) is 0 Å². The van der Waals surface area contributed by atoms with Crippen molar-refractivity contribution < 1.29 is 0 Å². The van der Waals surface area contributed by atoms with Gasteiger partial charge in [0.15, 0.2) is 0 Å². The number of alkyl halides is 1. The van der Waals surface area contributed by atoms with Crippen molar-refractivity contribution in [1.29, 1.82) is 0 Å². The van der Waals surface area contributed by atoms with E-state index >= 15 is 0 Å². The highest BCUT2D eigenvalue weighted by Crippen LogP contribution is 2.04. The minimum atomic E-state index is 0.610. The second-order valence-corrected chi connectivity index (χ2v) is 4.88. The molecule has 86 valence electrons. The summed E-state index contributed by atoms with van der Waals surface area (Å²) in [6.45, 7) is 6.70. The molecular formula is C11H20BrN3. The summed E-state index contributed by atoms with van der Waals surface area (Å²) in [6, 6.07) is 0.610. The summed E-state index contributed by atoms with van der Waals surface area (Å²) in [5.74, 6) is 0. The number of halogens is 1. The zero-order valence-electron chi connectivity index (χ0n) is 9.78. The van der Waals surface area contributed by atoms with Gasteiger partial charge in [-0.05, 0) is 25.8 Å². The summed E-state index contributed by atoms with van der Waals surface area (Å²) >= 11 is 3.49. The van der Waals surface area contributed by atoms with Crippen LogP contribution in [0.5, 0.6) is 0 Å². The molecule has 0 radical (unpaired) electrons. The summed E-state index contributed by atoms with van der Waals surface area (Å²) in [6.07, 6.45) is 5.12. The van der Waals surface area contributed by atoms with Gasteiger partial charge in [0, 0.05) is 37.7 Å². The second kappa shape index (κ2) is 6.28. The van der Waals surface area contributed by atoms with Crippen molar-refractivity contribution in [3.63, 3.8) is 0 Å². The molecule has 0 atom stereocenters. The van der Waals surface area contributed by atoms with Crippen molar-refractivity contribution in [3.8, 4) is 0 Å². The zero-order chi connectivity index (χ0) is 11.3. The number of rotatable bonds is 6. The van der Waals surface area contributed by atoms with Gasteiger partial charge >= 0.3 is 0 Å². The van der Waals surface area contributed by atoms with E-state index in [9.17, 15) is 0 Å². The van der Waals surface area contributed by atoms with E-state index in [0.717, 1.165) is 24.8 Å². The van der Waals surface area contributed by atoms with E-state index in [-0.39, 0.29) is 0 Å². The highest BCUT2D eigenvalue weighted by molar-refractivity contribution is 9.09. The van der Waals surface area contributed by atoms with E-state index in [0.29, 0.717) is 6.04 Å². The molecule has 4 heteroatoms. The monoisotopic (exact) mass is 273 g/mol. The Morgan fingerprint density at radius 1 is 1.47 bits per heavy atom. The van der Waals surface area contributed by atoms with Crippen LogP contribution in [0.1, 0.15) is 19.4 Å². The molecule has 3 nitrogen and oxygen atoms in total. The van der Waals surface area contributed by atoms with Crippen molar-refractivity contribution >= 4 is 15.9 Å². The van der Waals surface area contributed by atoms with Crippen molar-refractivity contribution in [1.82, 2.24) is 14.7 Å². The SMILES string of the molecule is CC(C)N(CCBr)CCc1cnn(C)c1. The van der Waals surface area contributed by atoms with E-state index in [4.69, 9.17) is 0 Å². The highest BCUT2D eigenvalue weighted by atomic mass is 79.9. The van der Waals surface area contributed by atoms with Gasteiger partial charge in [-0.15, -0.1) is 0 Å². The first kappa shape index (κ1) is 12.7. The number of nitrogens with zero attached hydrogens (tertiary/aromatic N) is 3. The minimum Gasteiger partial charge on any atom is -0.300 e. The molecule has 0 saturated heterocycles. The van der Waals surface area contributed by atoms with Crippen molar-refractivity contribution in [2.24, 2.45) is 7.05 Å². The molecule has 1 rings (SSSR count). The quantitative estimate of drug-likeness (QED) is 0.740. The molecule has 0 bridgehead atoms. The van der Waals surface area contributed by atoms with Gasteiger partial charge in [0.05, 0.1) is 6.20 Å². The van der Waals surface area contributed by atoms with Gasteiger partial charge in [-0.3, -0.25) is 9.58 Å². The molecule has 0 aliphatic carbocycles. The fraction of sp³-hybridized carbons (Fsp3) is 0.727. The predicted molar refractivity (Wildman–Crippen MR) is 67.4 cm³/mol. The summed E-state index contributed by atoms with van der Waals surface area (Å²) in [4.78, 5) is 2.47.